The molecule has 1 amide bonds. The number of halogens is 7. The van der Waals surface area contributed by atoms with E-state index >= 15 is 0 Å². The number of anilines is 1. The van der Waals surface area contributed by atoms with Gasteiger partial charge in [-0.25, -0.2) is 0 Å². The highest BCUT2D eigenvalue weighted by Crippen LogP contribution is 2.51. The number of alkyl halides is 6. The van der Waals surface area contributed by atoms with Crippen LogP contribution in [0.4, 0.5) is 32.0 Å². The smallest absolute Gasteiger partial charge is 0.355 e. The topological polar surface area (TPSA) is 75.4 Å². The average molecular weight is 652 g/mol. The number of nitrogens with two attached hydrogens (primary N) is 1. The second-order valence-corrected chi connectivity index (χ2v) is 11.9. The van der Waals surface area contributed by atoms with Crippen LogP contribution in [-0.2, 0) is 17.4 Å². The van der Waals surface area contributed by atoms with Crippen molar-refractivity contribution >= 4 is 29.0 Å². The fourth-order valence-electron chi connectivity index (χ4n) is 6.37. The zero-order chi connectivity index (χ0) is 32.7. The molecule has 12 heteroatoms. The summed E-state index contributed by atoms with van der Waals surface area (Å²) in [6, 6.07) is 10.9. The van der Waals surface area contributed by atoms with Gasteiger partial charge in [0.1, 0.15) is 6.54 Å². The van der Waals surface area contributed by atoms with Crippen molar-refractivity contribution in [2.45, 2.75) is 69.9 Å². The Morgan fingerprint density at radius 2 is 1.73 bits per heavy atom. The number of hydrogen-bond donors (Lipinski definition) is 2. The van der Waals surface area contributed by atoms with Crippen LogP contribution in [0.15, 0.2) is 48.5 Å². The molecular weight excluding hydrogens is 620 g/mol. The molecule has 5 nitrogen and oxygen atoms in total. The average Bonchev–Trinajstić information content (AvgIpc) is 3.32. The number of fused-ring (bicyclic) bond motifs is 3. The predicted octanol–water partition coefficient (Wildman–Crippen LogP) is 8.00. The summed E-state index contributed by atoms with van der Waals surface area (Å²) in [5.41, 5.74) is 8.19. The highest BCUT2D eigenvalue weighted by atomic mass is 35.5. The molecule has 3 aromatic rings. The highest BCUT2D eigenvalue weighted by Gasteiger charge is 2.41. The van der Waals surface area contributed by atoms with Gasteiger partial charge in [-0.15, -0.1) is 0 Å². The zero-order valence-corrected chi connectivity index (χ0v) is 25.2. The zero-order valence-electron chi connectivity index (χ0n) is 24.4. The van der Waals surface area contributed by atoms with Crippen LogP contribution in [0, 0.1) is 0 Å². The predicted molar refractivity (Wildman–Crippen MR) is 160 cm³/mol. The fourth-order valence-corrected chi connectivity index (χ4v) is 6.57. The maximum Gasteiger partial charge on any atom is 0.416 e. The minimum absolute atomic E-state index is 0.0737. The van der Waals surface area contributed by atoms with Crippen molar-refractivity contribution in [3.63, 3.8) is 0 Å². The third-order valence-corrected chi connectivity index (χ3v) is 8.75. The Kier molecular flexibility index (Phi) is 9.24. The molecule has 0 bridgehead atoms. The molecule has 0 aromatic heterocycles. The summed E-state index contributed by atoms with van der Waals surface area (Å²) < 4.78 is 80.6. The van der Waals surface area contributed by atoms with Crippen molar-refractivity contribution < 1.29 is 35.9 Å². The van der Waals surface area contributed by atoms with Crippen LogP contribution < -0.4 is 16.0 Å². The number of nitrogens with one attached hydrogen (secondary N) is 1. The molecule has 2 unspecified atom stereocenters. The van der Waals surface area contributed by atoms with Gasteiger partial charge in [0, 0.05) is 17.7 Å². The van der Waals surface area contributed by atoms with Gasteiger partial charge >= 0.3 is 12.4 Å². The van der Waals surface area contributed by atoms with Gasteiger partial charge < -0.3 is 16.0 Å². The largest absolute Gasteiger partial charge is 0.416 e. The summed E-state index contributed by atoms with van der Waals surface area (Å²) in [4.78, 5) is 29.8. The minimum atomic E-state index is -4.72. The minimum Gasteiger partial charge on any atom is -0.355 e. The molecule has 2 aliphatic rings. The molecule has 3 aromatic carbocycles. The van der Waals surface area contributed by atoms with E-state index in [0.29, 0.717) is 59.3 Å². The van der Waals surface area contributed by atoms with E-state index in [2.05, 4.69) is 0 Å². The standard InChI is InChI=1S/C33H32ClF6N3O2/c1-2-3-8-21-27-22(19-9-4-5-10-20(19)28(27)31(45)42-17-32(35,36)37)16-24(29(21)43-14-7-6-11-26(43)41)30(44)23-15-18(33(38,39)40)12-13-25(23)34/h4-5,9-10,12-13,15-16,26,28H,2-3,6-8,11,14,17,41H2,1H3,(H,42,45). The van der Waals surface area contributed by atoms with Crippen molar-refractivity contribution in [3.05, 3.63) is 86.9 Å². The van der Waals surface area contributed by atoms with E-state index in [0.717, 1.165) is 37.5 Å². The molecule has 0 spiro atoms. The number of amides is 1. The number of rotatable bonds is 8. The molecule has 0 saturated carbocycles. The summed E-state index contributed by atoms with van der Waals surface area (Å²) in [6.45, 7) is 0.873. The first kappa shape index (κ1) is 32.8. The molecule has 5 rings (SSSR count). The number of carbonyl (C=O) groups excluding carboxylic acids is 2. The molecule has 0 radical (unpaired) electrons. The Morgan fingerprint density at radius 1 is 1.00 bits per heavy atom. The third kappa shape index (κ3) is 6.56. The Labute approximate surface area is 261 Å². The summed E-state index contributed by atoms with van der Waals surface area (Å²) in [5, 5.41) is 1.87. The van der Waals surface area contributed by atoms with Crippen LogP contribution in [-0.4, -0.2) is 37.1 Å². The lowest BCUT2D eigenvalue weighted by atomic mass is 9.84. The number of nitrogens with zero attached hydrogens (tertiary/aromatic N) is 1. The summed E-state index contributed by atoms with van der Waals surface area (Å²) >= 11 is 6.34. The molecule has 1 saturated heterocycles. The third-order valence-electron chi connectivity index (χ3n) is 8.42. The fraction of sp³-hybridized carbons (Fsp3) is 0.394. The van der Waals surface area contributed by atoms with Gasteiger partial charge in [0.05, 0.1) is 28.4 Å². The Morgan fingerprint density at radius 3 is 2.40 bits per heavy atom. The van der Waals surface area contributed by atoms with Crippen LogP contribution in [0.3, 0.4) is 0 Å². The van der Waals surface area contributed by atoms with Crippen LogP contribution >= 0.6 is 11.6 Å². The lowest BCUT2D eigenvalue weighted by Crippen LogP contribution is -2.47. The number of unbranched alkanes of at least 4 members (excludes halogenated alkanes) is 1. The molecule has 45 heavy (non-hydrogen) atoms. The van der Waals surface area contributed by atoms with Gasteiger partial charge in [0.2, 0.25) is 5.91 Å². The number of carbonyl (C=O) groups is 2. The quantitative estimate of drug-likeness (QED) is 0.191. The lowest BCUT2D eigenvalue weighted by molar-refractivity contribution is -0.138. The summed E-state index contributed by atoms with van der Waals surface area (Å²) in [5.74, 6) is -2.70. The highest BCUT2D eigenvalue weighted by molar-refractivity contribution is 6.35. The molecule has 1 aliphatic heterocycles. The molecule has 1 heterocycles. The van der Waals surface area contributed by atoms with Crippen LogP contribution in [0.2, 0.25) is 5.02 Å². The maximum absolute atomic E-state index is 14.4. The molecule has 1 aliphatic carbocycles. The maximum atomic E-state index is 14.4. The number of ketones is 1. The van der Waals surface area contributed by atoms with Crippen LogP contribution in [0.5, 0.6) is 0 Å². The van der Waals surface area contributed by atoms with Gasteiger partial charge in [-0.1, -0.05) is 49.2 Å². The molecule has 240 valence electrons. The lowest BCUT2D eigenvalue weighted by Gasteiger charge is -2.38. The van der Waals surface area contributed by atoms with Crippen molar-refractivity contribution in [3.8, 4) is 11.1 Å². The van der Waals surface area contributed by atoms with Gasteiger partial charge in [0.25, 0.3) is 0 Å². The normalized spacial score (nSPS) is 18.0. The van der Waals surface area contributed by atoms with Gasteiger partial charge in [-0.05, 0) is 84.2 Å². The van der Waals surface area contributed by atoms with Crippen molar-refractivity contribution in [1.29, 1.82) is 0 Å². The summed E-state index contributed by atoms with van der Waals surface area (Å²) in [6.07, 6.45) is -6.08. The van der Waals surface area contributed by atoms with E-state index < -0.39 is 48.2 Å². The Balaban J connectivity index is 1.80. The first-order valence-electron chi connectivity index (χ1n) is 14.8. The molecular formula is C33H32ClF6N3O2. The molecule has 1 fully saturated rings. The van der Waals surface area contributed by atoms with E-state index in [9.17, 15) is 35.9 Å². The second-order valence-electron chi connectivity index (χ2n) is 11.4. The number of hydrogen-bond acceptors (Lipinski definition) is 4. The number of benzene rings is 3. The SMILES string of the molecule is CCCCc1c2c(cc(C(=O)c3cc(C(F)(F)F)ccc3Cl)c1N1CCCCC1N)-c1ccccc1C2C(=O)NCC(F)(F)F. The molecule has 2 atom stereocenters. The summed E-state index contributed by atoms with van der Waals surface area (Å²) in [7, 11) is 0. The first-order valence-corrected chi connectivity index (χ1v) is 15.2. The first-order chi connectivity index (χ1) is 21.2. The van der Waals surface area contributed by atoms with Crippen LogP contribution in [0.25, 0.3) is 11.1 Å². The van der Waals surface area contributed by atoms with Gasteiger partial charge in [-0.3, -0.25) is 9.59 Å². The van der Waals surface area contributed by atoms with Crippen molar-refractivity contribution in [1.82, 2.24) is 5.32 Å². The van der Waals surface area contributed by atoms with E-state index in [4.69, 9.17) is 17.3 Å². The Bertz CT molecular complexity index is 1620. The van der Waals surface area contributed by atoms with Crippen LogP contribution in [0.1, 0.15) is 83.1 Å². The number of piperidine rings is 1. The van der Waals surface area contributed by atoms with Crippen molar-refractivity contribution in [2.75, 3.05) is 18.0 Å². The Hall–Kier alpha value is -3.57. The van der Waals surface area contributed by atoms with Crippen molar-refractivity contribution in [2.24, 2.45) is 5.73 Å². The molecule has 3 N–H and O–H groups in total. The van der Waals surface area contributed by atoms with E-state index in [1.165, 1.54) is 6.07 Å². The van der Waals surface area contributed by atoms with E-state index in [1.807, 2.05) is 17.1 Å². The van der Waals surface area contributed by atoms with E-state index in [1.54, 1.807) is 24.3 Å². The van der Waals surface area contributed by atoms with Gasteiger partial charge in [0.15, 0.2) is 5.78 Å². The monoisotopic (exact) mass is 651 g/mol. The second kappa shape index (κ2) is 12.7. The van der Waals surface area contributed by atoms with Gasteiger partial charge in [-0.2, -0.15) is 26.3 Å². The van der Waals surface area contributed by atoms with E-state index in [-0.39, 0.29) is 16.1 Å².